The lowest BCUT2D eigenvalue weighted by Crippen LogP contribution is -2.37. The van der Waals surface area contributed by atoms with Crippen molar-refractivity contribution in [1.29, 1.82) is 0 Å². The molecule has 2 rings (SSSR count). The number of anilines is 2. The van der Waals surface area contributed by atoms with E-state index in [4.69, 9.17) is 0 Å². The lowest BCUT2D eigenvalue weighted by Gasteiger charge is -2.35. The van der Waals surface area contributed by atoms with Crippen LogP contribution in [0, 0.1) is 0 Å². The van der Waals surface area contributed by atoms with E-state index in [-0.39, 0.29) is 0 Å². The van der Waals surface area contributed by atoms with E-state index in [2.05, 4.69) is 36.0 Å². The minimum absolute atomic E-state index is 0.772. The van der Waals surface area contributed by atoms with Gasteiger partial charge in [0.1, 0.15) is 0 Å². The molecule has 3 heteroatoms. The van der Waals surface area contributed by atoms with Gasteiger partial charge < -0.3 is 14.9 Å². The topological polar surface area (TPSA) is 26.7 Å². The molecule has 0 spiro atoms. The zero-order valence-electron chi connectivity index (χ0n) is 10.5. The Hall–Kier alpha value is -1.22. The Bertz CT molecular complexity index is 395. The summed E-state index contributed by atoms with van der Waals surface area (Å²) in [4.78, 5) is 4.49. The molecule has 1 N–H and O–H groups in total. The summed E-state index contributed by atoms with van der Waals surface area (Å²) in [7, 11) is 4.20. The number of benzene rings is 1. The van der Waals surface area contributed by atoms with Crippen LogP contribution in [0.1, 0.15) is 19.4 Å². The molecule has 1 aliphatic rings. The smallest absolute Gasteiger partial charge is 0.0841 e. The van der Waals surface area contributed by atoms with Crippen molar-refractivity contribution < 1.29 is 5.11 Å². The molecule has 0 radical (unpaired) electrons. The lowest BCUT2D eigenvalue weighted by molar-refractivity contribution is 0.0786. The zero-order chi connectivity index (χ0) is 11.9. The molecule has 1 heterocycles. The van der Waals surface area contributed by atoms with E-state index in [1.54, 1.807) is 0 Å². The summed E-state index contributed by atoms with van der Waals surface area (Å²) in [5.74, 6) is 0. The van der Waals surface area contributed by atoms with Crippen LogP contribution in [0.15, 0.2) is 18.2 Å². The first kappa shape index (κ1) is 11.3. The van der Waals surface area contributed by atoms with E-state index in [1.165, 1.54) is 11.4 Å². The monoisotopic (exact) mass is 220 g/mol. The molecule has 1 aromatic carbocycles. The summed E-state index contributed by atoms with van der Waals surface area (Å²) in [6.45, 7) is 5.71. The van der Waals surface area contributed by atoms with Gasteiger partial charge in [0.15, 0.2) is 0 Å². The molecule has 0 saturated heterocycles. The van der Waals surface area contributed by atoms with Gasteiger partial charge in [-0.3, -0.25) is 0 Å². The average Bonchev–Trinajstić information content (AvgIpc) is 2.22. The van der Waals surface area contributed by atoms with Gasteiger partial charge in [-0.15, -0.1) is 0 Å². The largest absolute Gasteiger partial charge is 0.386 e. The third-order valence-corrected chi connectivity index (χ3v) is 3.28. The number of hydrogen-bond acceptors (Lipinski definition) is 3. The van der Waals surface area contributed by atoms with Gasteiger partial charge in [0.05, 0.1) is 17.0 Å². The molecule has 88 valence electrons. The molecule has 0 bridgehead atoms. The van der Waals surface area contributed by atoms with E-state index in [1.807, 2.05) is 19.9 Å². The molecular formula is C13H20N2O. The standard InChI is InChI=1S/C13H20N2O/c1-13(2,16)10-5-6-11-12(9-10)15(4)8-7-14(11)3/h5-6,9,16H,7-8H2,1-4H3. The Morgan fingerprint density at radius 2 is 1.62 bits per heavy atom. The summed E-state index contributed by atoms with van der Waals surface area (Å²) < 4.78 is 0. The van der Waals surface area contributed by atoms with Crippen LogP contribution in [0.3, 0.4) is 0 Å². The number of rotatable bonds is 1. The van der Waals surface area contributed by atoms with Crippen molar-refractivity contribution in [2.45, 2.75) is 19.4 Å². The lowest BCUT2D eigenvalue weighted by atomic mass is 9.96. The number of nitrogens with zero attached hydrogens (tertiary/aromatic N) is 2. The molecule has 0 unspecified atom stereocenters. The van der Waals surface area contributed by atoms with Gasteiger partial charge in [0.2, 0.25) is 0 Å². The molecular weight excluding hydrogens is 200 g/mol. The van der Waals surface area contributed by atoms with Crippen molar-refractivity contribution in [2.75, 3.05) is 37.0 Å². The van der Waals surface area contributed by atoms with E-state index in [9.17, 15) is 5.11 Å². The van der Waals surface area contributed by atoms with E-state index in [0.717, 1.165) is 18.7 Å². The van der Waals surface area contributed by atoms with Gasteiger partial charge in [-0.2, -0.15) is 0 Å². The van der Waals surface area contributed by atoms with Crippen LogP contribution in [0.4, 0.5) is 11.4 Å². The molecule has 0 aliphatic carbocycles. The second kappa shape index (κ2) is 3.67. The number of hydrogen-bond donors (Lipinski definition) is 1. The highest BCUT2D eigenvalue weighted by molar-refractivity contribution is 5.74. The fraction of sp³-hybridized carbons (Fsp3) is 0.538. The van der Waals surface area contributed by atoms with E-state index >= 15 is 0 Å². The minimum atomic E-state index is -0.772. The Balaban J connectivity index is 2.48. The minimum Gasteiger partial charge on any atom is -0.386 e. The van der Waals surface area contributed by atoms with Crippen LogP contribution >= 0.6 is 0 Å². The van der Waals surface area contributed by atoms with E-state index < -0.39 is 5.60 Å². The van der Waals surface area contributed by atoms with Gasteiger partial charge in [0.25, 0.3) is 0 Å². The van der Waals surface area contributed by atoms with Crippen LogP contribution in [0.5, 0.6) is 0 Å². The highest BCUT2D eigenvalue weighted by atomic mass is 16.3. The maximum atomic E-state index is 10.0. The maximum absolute atomic E-state index is 10.0. The first-order valence-corrected chi connectivity index (χ1v) is 5.69. The van der Waals surface area contributed by atoms with Crippen LogP contribution in [0.25, 0.3) is 0 Å². The molecule has 0 fully saturated rings. The Kier molecular flexibility index (Phi) is 2.58. The summed E-state index contributed by atoms with van der Waals surface area (Å²) in [6.07, 6.45) is 0. The van der Waals surface area contributed by atoms with Gasteiger partial charge in [0, 0.05) is 27.2 Å². The zero-order valence-corrected chi connectivity index (χ0v) is 10.5. The first-order chi connectivity index (χ1) is 7.39. The quantitative estimate of drug-likeness (QED) is 0.782. The molecule has 0 saturated carbocycles. The molecule has 0 aromatic heterocycles. The third-order valence-electron chi connectivity index (χ3n) is 3.28. The Labute approximate surface area is 97.3 Å². The summed E-state index contributed by atoms with van der Waals surface area (Å²) >= 11 is 0. The molecule has 0 amide bonds. The second-order valence-corrected chi connectivity index (χ2v) is 5.11. The normalized spacial score (nSPS) is 16.3. The van der Waals surface area contributed by atoms with Gasteiger partial charge in [-0.1, -0.05) is 6.07 Å². The van der Waals surface area contributed by atoms with Crippen LogP contribution in [0.2, 0.25) is 0 Å². The van der Waals surface area contributed by atoms with Crippen molar-refractivity contribution in [3.8, 4) is 0 Å². The Morgan fingerprint density at radius 3 is 2.19 bits per heavy atom. The maximum Gasteiger partial charge on any atom is 0.0841 e. The predicted molar refractivity (Wildman–Crippen MR) is 68.2 cm³/mol. The van der Waals surface area contributed by atoms with Crippen LogP contribution < -0.4 is 9.80 Å². The number of aliphatic hydroxyl groups is 1. The van der Waals surface area contributed by atoms with Crippen molar-refractivity contribution in [2.24, 2.45) is 0 Å². The highest BCUT2D eigenvalue weighted by Gasteiger charge is 2.22. The molecule has 3 nitrogen and oxygen atoms in total. The average molecular weight is 220 g/mol. The van der Waals surface area contributed by atoms with Crippen molar-refractivity contribution in [3.63, 3.8) is 0 Å². The molecule has 16 heavy (non-hydrogen) atoms. The fourth-order valence-corrected chi connectivity index (χ4v) is 2.07. The number of likely N-dealkylation sites (N-methyl/N-ethyl adjacent to an activating group) is 2. The molecule has 1 aliphatic heterocycles. The summed E-state index contributed by atoms with van der Waals surface area (Å²) in [5.41, 5.74) is 2.63. The van der Waals surface area contributed by atoms with Crippen molar-refractivity contribution >= 4 is 11.4 Å². The van der Waals surface area contributed by atoms with Gasteiger partial charge in [-0.25, -0.2) is 0 Å². The third kappa shape index (κ3) is 1.87. The Morgan fingerprint density at radius 1 is 1.06 bits per heavy atom. The number of fused-ring (bicyclic) bond motifs is 1. The highest BCUT2D eigenvalue weighted by Crippen LogP contribution is 2.34. The van der Waals surface area contributed by atoms with Crippen molar-refractivity contribution in [1.82, 2.24) is 0 Å². The van der Waals surface area contributed by atoms with Gasteiger partial charge in [-0.05, 0) is 31.5 Å². The molecule has 0 atom stereocenters. The van der Waals surface area contributed by atoms with Crippen LogP contribution in [-0.2, 0) is 5.60 Å². The SMILES string of the molecule is CN1CCN(C)c2cc(C(C)(C)O)ccc21. The second-order valence-electron chi connectivity index (χ2n) is 5.11. The van der Waals surface area contributed by atoms with Gasteiger partial charge >= 0.3 is 0 Å². The molecule has 1 aromatic rings. The van der Waals surface area contributed by atoms with Crippen molar-refractivity contribution in [3.05, 3.63) is 23.8 Å². The predicted octanol–water partition coefficient (Wildman–Crippen LogP) is 1.80. The first-order valence-electron chi connectivity index (χ1n) is 5.69. The summed E-state index contributed by atoms with van der Waals surface area (Å²) in [5, 5.41) is 10.0. The fourth-order valence-electron chi connectivity index (χ4n) is 2.07. The van der Waals surface area contributed by atoms with Crippen LogP contribution in [-0.4, -0.2) is 32.3 Å². The van der Waals surface area contributed by atoms with E-state index in [0.29, 0.717) is 0 Å². The summed E-state index contributed by atoms with van der Waals surface area (Å²) in [6, 6.07) is 6.19.